The maximum Gasteiger partial charge on any atom is 0.251 e. The van der Waals surface area contributed by atoms with Crippen LogP contribution in [-0.4, -0.2) is 28.7 Å². The first-order valence-corrected chi connectivity index (χ1v) is 4.25. The SMILES string of the molecule is CCOCC(=O)Nc1cnns1. The molecule has 1 rings (SSSR count). The Labute approximate surface area is 73.9 Å². The summed E-state index contributed by atoms with van der Waals surface area (Å²) in [7, 11) is 0. The van der Waals surface area contributed by atoms with Crippen LogP contribution in [0.5, 0.6) is 0 Å². The van der Waals surface area contributed by atoms with E-state index in [2.05, 4.69) is 14.9 Å². The Morgan fingerprint density at radius 1 is 1.83 bits per heavy atom. The predicted molar refractivity (Wildman–Crippen MR) is 45.0 cm³/mol. The molecule has 12 heavy (non-hydrogen) atoms. The Bertz CT molecular complexity index is 237. The second-order valence-electron chi connectivity index (χ2n) is 1.97. The highest BCUT2D eigenvalue weighted by atomic mass is 32.1. The first-order valence-electron chi connectivity index (χ1n) is 3.48. The lowest BCUT2D eigenvalue weighted by molar-refractivity contribution is -0.120. The largest absolute Gasteiger partial charge is 0.372 e. The topological polar surface area (TPSA) is 64.1 Å². The van der Waals surface area contributed by atoms with Crippen LogP contribution in [0.2, 0.25) is 0 Å². The quantitative estimate of drug-likeness (QED) is 0.746. The Balaban J connectivity index is 2.27. The zero-order chi connectivity index (χ0) is 8.81. The van der Waals surface area contributed by atoms with Crippen molar-refractivity contribution in [1.82, 2.24) is 9.59 Å². The van der Waals surface area contributed by atoms with E-state index in [0.717, 1.165) is 11.5 Å². The molecule has 1 aromatic heterocycles. The van der Waals surface area contributed by atoms with Crippen LogP contribution in [0.3, 0.4) is 0 Å². The van der Waals surface area contributed by atoms with Gasteiger partial charge in [-0.25, -0.2) is 0 Å². The van der Waals surface area contributed by atoms with E-state index in [-0.39, 0.29) is 12.5 Å². The number of rotatable bonds is 4. The zero-order valence-electron chi connectivity index (χ0n) is 6.61. The zero-order valence-corrected chi connectivity index (χ0v) is 7.43. The van der Waals surface area contributed by atoms with Crippen molar-refractivity contribution in [3.63, 3.8) is 0 Å². The molecule has 0 saturated carbocycles. The first-order chi connectivity index (χ1) is 5.83. The van der Waals surface area contributed by atoms with E-state index in [1.165, 1.54) is 6.20 Å². The van der Waals surface area contributed by atoms with E-state index >= 15 is 0 Å². The third kappa shape index (κ3) is 2.93. The van der Waals surface area contributed by atoms with Crippen molar-refractivity contribution in [3.05, 3.63) is 6.20 Å². The Hall–Kier alpha value is -1.01. The van der Waals surface area contributed by atoms with Crippen molar-refractivity contribution in [3.8, 4) is 0 Å². The number of nitrogens with one attached hydrogen (secondary N) is 1. The fourth-order valence-corrected chi connectivity index (χ4v) is 1.03. The second-order valence-corrected chi connectivity index (χ2v) is 2.75. The van der Waals surface area contributed by atoms with Gasteiger partial charge in [-0.1, -0.05) is 4.49 Å². The summed E-state index contributed by atoms with van der Waals surface area (Å²) in [5.74, 6) is -0.178. The lowest BCUT2D eigenvalue weighted by Crippen LogP contribution is -2.17. The van der Waals surface area contributed by atoms with E-state index in [1.807, 2.05) is 6.92 Å². The summed E-state index contributed by atoms with van der Waals surface area (Å²) in [5, 5.41) is 6.79. The number of carbonyl (C=O) groups is 1. The average Bonchev–Trinajstić information content (AvgIpc) is 2.53. The van der Waals surface area contributed by atoms with Crippen LogP contribution in [0.1, 0.15) is 6.92 Å². The monoisotopic (exact) mass is 187 g/mol. The minimum Gasteiger partial charge on any atom is -0.372 e. The van der Waals surface area contributed by atoms with Crippen molar-refractivity contribution in [2.24, 2.45) is 0 Å². The number of nitrogens with zero attached hydrogens (tertiary/aromatic N) is 2. The number of anilines is 1. The Kier molecular flexibility index (Phi) is 3.62. The number of ether oxygens (including phenoxy) is 1. The van der Waals surface area contributed by atoms with Gasteiger partial charge >= 0.3 is 0 Å². The fraction of sp³-hybridized carbons (Fsp3) is 0.500. The third-order valence-corrected chi connectivity index (χ3v) is 1.64. The van der Waals surface area contributed by atoms with E-state index < -0.39 is 0 Å². The second kappa shape index (κ2) is 4.78. The van der Waals surface area contributed by atoms with Crippen LogP contribution in [0.4, 0.5) is 5.00 Å². The molecule has 1 N–H and O–H groups in total. The lowest BCUT2D eigenvalue weighted by atomic mass is 10.6. The highest BCUT2D eigenvalue weighted by Gasteiger charge is 2.02. The molecule has 0 spiro atoms. The Morgan fingerprint density at radius 3 is 3.25 bits per heavy atom. The molecule has 5 nitrogen and oxygen atoms in total. The van der Waals surface area contributed by atoms with Crippen molar-refractivity contribution >= 4 is 22.4 Å². The molecule has 1 heterocycles. The number of amides is 1. The van der Waals surface area contributed by atoms with Crippen molar-refractivity contribution in [1.29, 1.82) is 0 Å². The molecule has 6 heteroatoms. The summed E-state index contributed by atoms with van der Waals surface area (Å²) < 4.78 is 8.49. The molecule has 0 atom stereocenters. The molecular weight excluding hydrogens is 178 g/mol. The van der Waals surface area contributed by atoms with Gasteiger partial charge in [0, 0.05) is 18.1 Å². The molecular formula is C6H9N3O2S. The molecule has 0 bridgehead atoms. The van der Waals surface area contributed by atoms with E-state index in [0.29, 0.717) is 11.6 Å². The Morgan fingerprint density at radius 2 is 2.67 bits per heavy atom. The highest BCUT2D eigenvalue weighted by Crippen LogP contribution is 2.08. The predicted octanol–water partition coefficient (Wildman–Crippen LogP) is 0.513. The number of hydrogen-bond acceptors (Lipinski definition) is 5. The average molecular weight is 187 g/mol. The van der Waals surface area contributed by atoms with Crippen LogP contribution < -0.4 is 5.32 Å². The summed E-state index contributed by atoms with van der Waals surface area (Å²) >= 11 is 1.14. The minimum atomic E-state index is -0.178. The number of hydrogen-bond donors (Lipinski definition) is 1. The summed E-state index contributed by atoms with van der Waals surface area (Å²) in [4.78, 5) is 11.0. The van der Waals surface area contributed by atoms with Gasteiger partial charge in [0.05, 0.1) is 6.20 Å². The van der Waals surface area contributed by atoms with Crippen LogP contribution in [-0.2, 0) is 9.53 Å². The maximum atomic E-state index is 11.0. The van der Waals surface area contributed by atoms with Gasteiger partial charge in [-0.3, -0.25) is 4.79 Å². The van der Waals surface area contributed by atoms with E-state index in [1.54, 1.807) is 0 Å². The first kappa shape index (κ1) is 9.08. The van der Waals surface area contributed by atoms with Crippen molar-refractivity contribution < 1.29 is 9.53 Å². The molecule has 0 radical (unpaired) electrons. The molecule has 0 unspecified atom stereocenters. The van der Waals surface area contributed by atoms with Gasteiger partial charge in [0.1, 0.15) is 11.6 Å². The summed E-state index contributed by atoms with van der Waals surface area (Å²) in [6, 6.07) is 0. The molecule has 66 valence electrons. The fourth-order valence-electron chi connectivity index (χ4n) is 0.590. The minimum absolute atomic E-state index is 0.0778. The van der Waals surface area contributed by atoms with Gasteiger partial charge < -0.3 is 10.1 Å². The van der Waals surface area contributed by atoms with Gasteiger partial charge in [0.15, 0.2) is 0 Å². The highest BCUT2D eigenvalue weighted by molar-refractivity contribution is 7.10. The lowest BCUT2D eigenvalue weighted by Gasteiger charge is -1.99. The smallest absolute Gasteiger partial charge is 0.251 e. The van der Waals surface area contributed by atoms with E-state index in [9.17, 15) is 4.79 Å². The number of carbonyl (C=O) groups excluding carboxylic acids is 1. The normalized spacial score (nSPS) is 9.75. The molecule has 1 aromatic rings. The van der Waals surface area contributed by atoms with E-state index in [4.69, 9.17) is 4.74 Å². The van der Waals surface area contributed by atoms with Crippen LogP contribution in [0.15, 0.2) is 6.20 Å². The summed E-state index contributed by atoms with van der Waals surface area (Å²) in [6.07, 6.45) is 1.49. The molecule has 0 aromatic carbocycles. The van der Waals surface area contributed by atoms with Crippen LogP contribution in [0.25, 0.3) is 0 Å². The molecule has 0 aliphatic rings. The maximum absolute atomic E-state index is 11.0. The molecule has 0 fully saturated rings. The summed E-state index contributed by atoms with van der Waals surface area (Å²) in [5.41, 5.74) is 0. The van der Waals surface area contributed by atoms with Gasteiger partial charge in [0.25, 0.3) is 5.91 Å². The molecule has 0 aliphatic heterocycles. The molecule has 1 amide bonds. The van der Waals surface area contributed by atoms with Crippen LogP contribution >= 0.6 is 11.5 Å². The number of aromatic nitrogens is 2. The molecule has 0 aliphatic carbocycles. The third-order valence-electron chi connectivity index (χ3n) is 1.06. The van der Waals surface area contributed by atoms with Gasteiger partial charge in [-0.15, -0.1) is 5.10 Å². The van der Waals surface area contributed by atoms with Crippen molar-refractivity contribution in [2.45, 2.75) is 6.92 Å². The van der Waals surface area contributed by atoms with Crippen molar-refractivity contribution in [2.75, 3.05) is 18.5 Å². The van der Waals surface area contributed by atoms with Gasteiger partial charge in [-0.05, 0) is 6.92 Å². The van der Waals surface area contributed by atoms with Gasteiger partial charge in [-0.2, -0.15) is 0 Å². The summed E-state index contributed by atoms with van der Waals surface area (Å²) in [6.45, 7) is 2.45. The molecule has 0 saturated heterocycles. The van der Waals surface area contributed by atoms with Gasteiger partial charge in [0.2, 0.25) is 0 Å². The van der Waals surface area contributed by atoms with Crippen LogP contribution in [0, 0.1) is 0 Å². The standard InChI is InChI=1S/C6H9N3O2S/c1-2-11-4-5(10)8-6-3-7-9-12-6/h3H,2,4H2,1H3,(H,8,10).